The summed E-state index contributed by atoms with van der Waals surface area (Å²) in [4.78, 5) is 36.1. The van der Waals surface area contributed by atoms with Gasteiger partial charge in [-0.1, -0.05) is 41.5 Å². The van der Waals surface area contributed by atoms with Crippen molar-refractivity contribution in [3.8, 4) is 0 Å². The average Bonchev–Trinajstić information content (AvgIpc) is 2.43. The summed E-state index contributed by atoms with van der Waals surface area (Å²) in [6.07, 6.45) is 1.27. The number of carboxylic acid groups (broad SMARTS) is 1. The van der Waals surface area contributed by atoms with E-state index in [0.29, 0.717) is 19.3 Å². The van der Waals surface area contributed by atoms with Gasteiger partial charge in [-0.15, -0.1) is 0 Å². The number of rotatable bonds is 11. The third-order valence-electron chi connectivity index (χ3n) is 3.72. The zero-order valence-corrected chi connectivity index (χ0v) is 16.3. The largest absolute Gasteiger partial charge is 0.480 e. The minimum Gasteiger partial charge on any atom is -0.480 e. The molecule has 0 bridgehead atoms. The Morgan fingerprint density at radius 3 is 1.56 bits per heavy atom. The van der Waals surface area contributed by atoms with Crippen LogP contribution in [0.1, 0.15) is 60.8 Å². The number of carbonyl (C=O) groups excluding carboxylic acids is 2. The fourth-order valence-electron chi connectivity index (χ4n) is 2.56. The molecule has 7 heteroatoms. The molecule has 7 nitrogen and oxygen atoms in total. The van der Waals surface area contributed by atoms with Gasteiger partial charge in [-0.25, -0.2) is 4.79 Å². The molecule has 2 amide bonds. The average molecular weight is 357 g/mol. The third-order valence-corrected chi connectivity index (χ3v) is 3.72. The molecule has 5 N–H and O–H groups in total. The molecule has 0 aromatic carbocycles. The Balaban J connectivity index is 5.02. The van der Waals surface area contributed by atoms with Crippen LogP contribution in [0, 0.1) is 17.8 Å². The molecule has 0 unspecified atom stereocenters. The van der Waals surface area contributed by atoms with Crippen LogP contribution in [-0.4, -0.2) is 41.0 Å². The van der Waals surface area contributed by atoms with Gasteiger partial charge in [0.15, 0.2) is 0 Å². The first-order valence-electron chi connectivity index (χ1n) is 9.03. The number of hydrogen-bond donors (Lipinski definition) is 4. The summed E-state index contributed by atoms with van der Waals surface area (Å²) < 4.78 is 0. The Labute approximate surface area is 151 Å². The maximum atomic E-state index is 12.5. The van der Waals surface area contributed by atoms with E-state index in [9.17, 15) is 19.5 Å². The molecule has 0 aromatic rings. The summed E-state index contributed by atoms with van der Waals surface area (Å²) in [7, 11) is 0. The number of carboxylic acids is 1. The van der Waals surface area contributed by atoms with E-state index < -0.39 is 30.0 Å². The van der Waals surface area contributed by atoms with E-state index in [0.717, 1.165) is 0 Å². The van der Waals surface area contributed by atoms with E-state index in [1.165, 1.54) is 0 Å². The maximum Gasteiger partial charge on any atom is 0.326 e. The molecule has 0 rings (SSSR count). The highest BCUT2D eigenvalue weighted by Crippen LogP contribution is 2.10. The minimum absolute atomic E-state index is 0.124. The SMILES string of the molecule is CC(C)C[C@@H](N)C(=O)N[C@@H](CC(C)C)C(=O)N[C@@H](CC(C)C)C(=O)O. The lowest BCUT2D eigenvalue weighted by molar-refractivity contribution is -0.142. The van der Waals surface area contributed by atoms with Crippen molar-refractivity contribution in [3.63, 3.8) is 0 Å². The van der Waals surface area contributed by atoms with Crippen molar-refractivity contribution in [1.29, 1.82) is 0 Å². The van der Waals surface area contributed by atoms with Crippen molar-refractivity contribution >= 4 is 17.8 Å². The molecule has 0 aromatic heterocycles. The van der Waals surface area contributed by atoms with Crippen LogP contribution >= 0.6 is 0 Å². The zero-order valence-electron chi connectivity index (χ0n) is 16.3. The molecule has 0 heterocycles. The molecule has 0 saturated carbocycles. The van der Waals surface area contributed by atoms with E-state index in [1.807, 2.05) is 41.5 Å². The molecule has 0 fully saturated rings. The van der Waals surface area contributed by atoms with Crippen molar-refractivity contribution < 1.29 is 19.5 Å². The van der Waals surface area contributed by atoms with Gasteiger partial charge < -0.3 is 21.5 Å². The molecule has 0 radical (unpaired) electrons. The lowest BCUT2D eigenvalue weighted by Crippen LogP contribution is -2.55. The van der Waals surface area contributed by atoms with Crippen molar-refractivity contribution in [1.82, 2.24) is 10.6 Å². The second-order valence-electron chi connectivity index (χ2n) is 7.96. The molecule has 0 aliphatic carbocycles. The second-order valence-corrected chi connectivity index (χ2v) is 7.96. The topological polar surface area (TPSA) is 122 Å². The summed E-state index contributed by atoms with van der Waals surface area (Å²) in [5.41, 5.74) is 5.87. The van der Waals surface area contributed by atoms with Crippen LogP contribution in [0.15, 0.2) is 0 Å². The Morgan fingerprint density at radius 1 is 0.760 bits per heavy atom. The molecular weight excluding hydrogens is 322 g/mol. The molecule has 0 aliphatic heterocycles. The molecule has 0 aliphatic rings. The Hall–Kier alpha value is -1.63. The quantitative estimate of drug-likeness (QED) is 0.446. The maximum absolute atomic E-state index is 12.5. The number of amides is 2. The standard InChI is InChI=1S/C18H35N3O4/c1-10(2)7-13(19)16(22)20-14(8-11(3)4)17(23)21-15(18(24)25)9-12(5)6/h10-15H,7-9,19H2,1-6H3,(H,20,22)(H,21,23)(H,24,25)/t13-,14+,15+/m1/s1. The summed E-state index contributed by atoms with van der Waals surface area (Å²) in [5.74, 6) is -1.39. The van der Waals surface area contributed by atoms with Gasteiger partial charge in [0.05, 0.1) is 6.04 Å². The van der Waals surface area contributed by atoms with Crippen LogP contribution in [0.2, 0.25) is 0 Å². The number of nitrogens with two attached hydrogens (primary N) is 1. The van der Waals surface area contributed by atoms with E-state index in [-0.39, 0.29) is 23.7 Å². The molecule has 3 atom stereocenters. The van der Waals surface area contributed by atoms with Crippen LogP contribution in [0.25, 0.3) is 0 Å². The molecule has 146 valence electrons. The van der Waals surface area contributed by atoms with Gasteiger partial charge in [0, 0.05) is 0 Å². The Bertz CT molecular complexity index is 450. The van der Waals surface area contributed by atoms with E-state index in [1.54, 1.807) is 0 Å². The van der Waals surface area contributed by atoms with Gasteiger partial charge in [-0.05, 0) is 37.0 Å². The van der Waals surface area contributed by atoms with Gasteiger partial charge in [0.1, 0.15) is 12.1 Å². The highest BCUT2D eigenvalue weighted by atomic mass is 16.4. The number of carbonyl (C=O) groups is 3. The van der Waals surface area contributed by atoms with Gasteiger partial charge in [-0.2, -0.15) is 0 Å². The monoisotopic (exact) mass is 357 g/mol. The van der Waals surface area contributed by atoms with Crippen molar-refractivity contribution in [2.45, 2.75) is 78.9 Å². The molecule has 0 saturated heterocycles. The van der Waals surface area contributed by atoms with Crippen LogP contribution < -0.4 is 16.4 Å². The molecule has 25 heavy (non-hydrogen) atoms. The zero-order chi connectivity index (χ0) is 19.7. The first-order chi connectivity index (χ1) is 11.4. The van der Waals surface area contributed by atoms with Gasteiger partial charge in [0.2, 0.25) is 11.8 Å². The summed E-state index contributed by atoms with van der Waals surface area (Å²) in [6.45, 7) is 11.6. The predicted octanol–water partition coefficient (Wildman–Crippen LogP) is 1.51. The Morgan fingerprint density at radius 2 is 1.16 bits per heavy atom. The summed E-state index contributed by atoms with van der Waals surface area (Å²) in [6, 6.07) is -2.45. The van der Waals surface area contributed by atoms with Gasteiger partial charge in [0.25, 0.3) is 0 Å². The first kappa shape index (κ1) is 23.4. The lowest BCUT2D eigenvalue weighted by atomic mass is 9.99. The van der Waals surface area contributed by atoms with Crippen LogP contribution in [0.4, 0.5) is 0 Å². The van der Waals surface area contributed by atoms with Crippen molar-refractivity contribution in [3.05, 3.63) is 0 Å². The highest BCUT2D eigenvalue weighted by Gasteiger charge is 2.28. The summed E-state index contributed by atoms with van der Waals surface area (Å²) >= 11 is 0. The number of aliphatic carboxylic acids is 1. The van der Waals surface area contributed by atoms with Gasteiger partial charge in [-0.3, -0.25) is 9.59 Å². The number of hydrogen-bond acceptors (Lipinski definition) is 4. The normalized spacial score (nSPS) is 15.1. The van der Waals surface area contributed by atoms with Crippen molar-refractivity contribution in [2.75, 3.05) is 0 Å². The van der Waals surface area contributed by atoms with E-state index in [2.05, 4.69) is 10.6 Å². The number of nitrogens with one attached hydrogen (secondary N) is 2. The molecule has 0 spiro atoms. The highest BCUT2D eigenvalue weighted by molar-refractivity contribution is 5.91. The lowest BCUT2D eigenvalue weighted by Gasteiger charge is -2.25. The van der Waals surface area contributed by atoms with Crippen LogP contribution in [0.5, 0.6) is 0 Å². The first-order valence-corrected chi connectivity index (χ1v) is 9.03. The smallest absolute Gasteiger partial charge is 0.326 e. The second kappa shape index (κ2) is 11.1. The predicted molar refractivity (Wildman–Crippen MR) is 97.8 cm³/mol. The minimum atomic E-state index is -1.08. The van der Waals surface area contributed by atoms with E-state index >= 15 is 0 Å². The fraction of sp³-hybridized carbons (Fsp3) is 0.833. The molecular formula is C18H35N3O4. The van der Waals surface area contributed by atoms with E-state index in [4.69, 9.17) is 5.73 Å². The third kappa shape index (κ3) is 10.1. The summed E-state index contributed by atoms with van der Waals surface area (Å²) in [5, 5.41) is 14.5. The van der Waals surface area contributed by atoms with Gasteiger partial charge >= 0.3 is 5.97 Å². The van der Waals surface area contributed by atoms with Crippen LogP contribution in [0.3, 0.4) is 0 Å². The fourth-order valence-corrected chi connectivity index (χ4v) is 2.56. The Kier molecular flexibility index (Phi) is 10.4. The van der Waals surface area contributed by atoms with Crippen LogP contribution in [-0.2, 0) is 14.4 Å². The van der Waals surface area contributed by atoms with Crippen molar-refractivity contribution in [2.24, 2.45) is 23.5 Å².